The standard InChI is InChI=1S/C16H12Cl2N8O/c1-9(14-22-8-23-26(14)15-20-5-2-6-21-15)24-16(27)25-12-4-3-11(17)13(18)10(12)7-19/h2-6,8-9H,1H3,(H2,24,25,27). The fourth-order valence-corrected chi connectivity index (χ4v) is 2.65. The molecule has 0 saturated carbocycles. The molecule has 0 fully saturated rings. The predicted molar refractivity (Wildman–Crippen MR) is 98.7 cm³/mol. The van der Waals surface area contributed by atoms with Gasteiger partial charge in [-0.1, -0.05) is 23.2 Å². The number of benzene rings is 1. The van der Waals surface area contributed by atoms with Crippen molar-refractivity contribution in [2.75, 3.05) is 5.32 Å². The van der Waals surface area contributed by atoms with Crippen molar-refractivity contribution in [2.24, 2.45) is 0 Å². The first-order valence-electron chi connectivity index (χ1n) is 7.64. The second-order valence-corrected chi connectivity index (χ2v) is 6.08. The first-order chi connectivity index (χ1) is 13.0. The number of halogens is 2. The minimum Gasteiger partial charge on any atom is -0.328 e. The van der Waals surface area contributed by atoms with E-state index in [9.17, 15) is 10.1 Å². The van der Waals surface area contributed by atoms with E-state index in [4.69, 9.17) is 23.2 Å². The summed E-state index contributed by atoms with van der Waals surface area (Å²) in [5, 5.41) is 18.9. The predicted octanol–water partition coefficient (Wildman–Crippen LogP) is 3.12. The molecular formula is C16H12Cl2N8O. The summed E-state index contributed by atoms with van der Waals surface area (Å²) in [4.78, 5) is 24.7. The molecule has 136 valence electrons. The fraction of sp³-hybridized carbons (Fsp3) is 0.125. The van der Waals surface area contributed by atoms with Crippen LogP contribution in [0.3, 0.4) is 0 Å². The van der Waals surface area contributed by atoms with Crippen molar-refractivity contribution in [3.8, 4) is 12.0 Å². The molecule has 9 nitrogen and oxygen atoms in total. The van der Waals surface area contributed by atoms with Crippen LogP contribution in [-0.2, 0) is 0 Å². The number of anilines is 1. The van der Waals surface area contributed by atoms with Crippen LogP contribution in [0.2, 0.25) is 10.0 Å². The lowest BCUT2D eigenvalue weighted by Crippen LogP contribution is -2.33. The molecule has 0 saturated heterocycles. The summed E-state index contributed by atoms with van der Waals surface area (Å²) in [5.41, 5.74) is 0.317. The van der Waals surface area contributed by atoms with Gasteiger partial charge in [0.05, 0.1) is 27.3 Å². The third-order valence-electron chi connectivity index (χ3n) is 3.51. The Bertz CT molecular complexity index is 1020. The molecule has 2 aromatic heterocycles. The van der Waals surface area contributed by atoms with Gasteiger partial charge in [-0.2, -0.15) is 15.0 Å². The number of nitrogens with one attached hydrogen (secondary N) is 2. The Hall–Kier alpha value is -3.22. The number of hydrogen-bond acceptors (Lipinski definition) is 6. The van der Waals surface area contributed by atoms with E-state index in [1.165, 1.54) is 23.1 Å². The van der Waals surface area contributed by atoms with Crippen molar-refractivity contribution in [1.29, 1.82) is 5.26 Å². The fourth-order valence-electron chi connectivity index (χ4n) is 2.28. The molecule has 2 N–H and O–H groups in total. The van der Waals surface area contributed by atoms with Gasteiger partial charge in [-0.25, -0.2) is 19.7 Å². The minimum absolute atomic E-state index is 0.0750. The van der Waals surface area contributed by atoms with Crippen molar-refractivity contribution < 1.29 is 4.79 Å². The van der Waals surface area contributed by atoms with Gasteiger partial charge in [0, 0.05) is 12.4 Å². The van der Waals surface area contributed by atoms with Gasteiger partial charge in [0.25, 0.3) is 5.95 Å². The summed E-state index contributed by atoms with van der Waals surface area (Å²) in [5.74, 6) is 0.765. The Kier molecular flexibility index (Phi) is 5.49. The highest BCUT2D eigenvalue weighted by atomic mass is 35.5. The number of rotatable bonds is 4. The second-order valence-electron chi connectivity index (χ2n) is 5.29. The average molecular weight is 403 g/mol. The summed E-state index contributed by atoms with van der Waals surface area (Å²) in [6.07, 6.45) is 4.49. The third kappa shape index (κ3) is 3.97. The molecule has 2 amide bonds. The van der Waals surface area contributed by atoms with E-state index < -0.39 is 12.1 Å². The number of nitriles is 1. The van der Waals surface area contributed by atoms with Crippen molar-refractivity contribution in [1.82, 2.24) is 30.0 Å². The monoisotopic (exact) mass is 402 g/mol. The molecule has 27 heavy (non-hydrogen) atoms. The molecule has 1 atom stereocenters. The smallest absolute Gasteiger partial charge is 0.319 e. The van der Waals surface area contributed by atoms with Crippen LogP contribution in [0, 0.1) is 11.3 Å². The van der Waals surface area contributed by atoms with E-state index in [1.807, 2.05) is 6.07 Å². The lowest BCUT2D eigenvalue weighted by molar-refractivity contribution is 0.248. The summed E-state index contributed by atoms with van der Waals surface area (Å²) in [7, 11) is 0. The van der Waals surface area contributed by atoms with E-state index in [-0.39, 0.29) is 21.3 Å². The number of aromatic nitrogens is 5. The van der Waals surface area contributed by atoms with Crippen LogP contribution in [-0.4, -0.2) is 30.8 Å². The van der Waals surface area contributed by atoms with Crippen molar-refractivity contribution in [2.45, 2.75) is 13.0 Å². The highest BCUT2D eigenvalue weighted by Gasteiger charge is 2.19. The Morgan fingerprint density at radius 1 is 1.26 bits per heavy atom. The zero-order valence-corrected chi connectivity index (χ0v) is 15.4. The van der Waals surface area contributed by atoms with Crippen LogP contribution in [0.5, 0.6) is 0 Å². The van der Waals surface area contributed by atoms with E-state index in [0.717, 1.165) is 0 Å². The van der Waals surface area contributed by atoms with Gasteiger partial charge in [-0.3, -0.25) is 0 Å². The van der Waals surface area contributed by atoms with Crippen LogP contribution in [0.4, 0.5) is 10.5 Å². The molecule has 1 unspecified atom stereocenters. The molecule has 3 rings (SSSR count). The van der Waals surface area contributed by atoms with E-state index in [2.05, 4.69) is 30.7 Å². The van der Waals surface area contributed by atoms with Crippen LogP contribution < -0.4 is 10.6 Å². The number of carbonyl (C=O) groups is 1. The lowest BCUT2D eigenvalue weighted by Gasteiger charge is -2.15. The van der Waals surface area contributed by atoms with Gasteiger partial charge in [0.2, 0.25) is 0 Å². The number of hydrogen-bond donors (Lipinski definition) is 2. The zero-order valence-electron chi connectivity index (χ0n) is 13.9. The first-order valence-corrected chi connectivity index (χ1v) is 8.39. The Morgan fingerprint density at radius 2 is 2.00 bits per heavy atom. The first kappa shape index (κ1) is 18.6. The number of amides is 2. The second kappa shape index (κ2) is 7.99. The Morgan fingerprint density at radius 3 is 2.70 bits per heavy atom. The van der Waals surface area contributed by atoms with E-state index in [0.29, 0.717) is 11.8 Å². The van der Waals surface area contributed by atoms with Gasteiger partial charge < -0.3 is 10.6 Å². The summed E-state index contributed by atoms with van der Waals surface area (Å²) in [6.45, 7) is 1.73. The van der Waals surface area contributed by atoms with E-state index in [1.54, 1.807) is 25.4 Å². The number of urea groups is 1. The SMILES string of the molecule is CC(NC(=O)Nc1ccc(Cl)c(Cl)c1C#N)c1ncnn1-c1ncccn1. The Balaban J connectivity index is 1.76. The molecule has 0 radical (unpaired) electrons. The normalized spacial score (nSPS) is 11.5. The van der Waals surface area contributed by atoms with Crippen LogP contribution in [0.25, 0.3) is 5.95 Å². The van der Waals surface area contributed by atoms with Crippen molar-refractivity contribution in [3.63, 3.8) is 0 Å². The summed E-state index contributed by atoms with van der Waals surface area (Å²) < 4.78 is 1.42. The van der Waals surface area contributed by atoms with Gasteiger partial charge in [-0.05, 0) is 25.1 Å². The lowest BCUT2D eigenvalue weighted by atomic mass is 10.2. The number of nitrogens with zero attached hydrogens (tertiary/aromatic N) is 6. The molecule has 0 aliphatic heterocycles. The maximum Gasteiger partial charge on any atom is 0.319 e. The van der Waals surface area contributed by atoms with Crippen LogP contribution in [0.15, 0.2) is 36.9 Å². The van der Waals surface area contributed by atoms with Gasteiger partial charge in [-0.15, -0.1) is 0 Å². The molecule has 0 bridgehead atoms. The Labute approximate surface area is 164 Å². The summed E-state index contributed by atoms with van der Waals surface area (Å²) in [6, 6.07) is 5.51. The summed E-state index contributed by atoms with van der Waals surface area (Å²) >= 11 is 11.9. The van der Waals surface area contributed by atoms with Gasteiger partial charge >= 0.3 is 6.03 Å². The maximum atomic E-state index is 12.3. The van der Waals surface area contributed by atoms with Gasteiger partial charge in [0.15, 0.2) is 5.82 Å². The minimum atomic E-state index is -0.555. The largest absolute Gasteiger partial charge is 0.328 e. The van der Waals surface area contributed by atoms with Gasteiger partial charge in [0.1, 0.15) is 12.4 Å². The van der Waals surface area contributed by atoms with Crippen LogP contribution >= 0.6 is 23.2 Å². The zero-order chi connectivity index (χ0) is 19.4. The maximum absolute atomic E-state index is 12.3. The van der Waals surface area contributed by atoms with Crippen molar-refractivity contribution in [3.05, 3.63) is 58.4 Å². The number of carbonyl (C=O) groups excluding carboxylic acids is 1. The third-order valence-corrected chi connectivity index (χ3v) is 4.31. The highest BCUT2D eigenvalue weighted by molar-refractivity contribution is 6.43. The molecular weight excluding hydrogens is 391 g/mol. The molecule has 0 aliphatic rings. The van der Waals surface area contributed by atoms with E-state index >= 15 is 0 Å². The molecule has 11 heteroatoms. The molecule has 1 aromatic carbocycles. The molecule has 0 aliphatic carbocycles. The van der Waals surface area contributed by atoms with Crippen molar-refractivity contribution >= 4 is 34.9 Å². The molecule has 2 heterocycles. The highest BCUT2D eigenvalue weighted by Crippen LogP contribution is 2.30. The van der Waals surface area contributed by atoms with Crippen LogP contribution in [0.1, 0.15) is 24.4 Å². The molecule has 0 spiro atoms. The topological polar surface area (TPSA) is 121 Å². The average Bonchev–Trinajstić information content (AvgIpc) is 3.16. The quantitative estimate of drug-likeness (QED) is 0.690. The molecule has 3 aromatic rings.